The summed E-state index contributed by atoms with van der Waals surface area (Å²) in [5, 5.41) is 1.26. The molecule has 1 aromatic rings. The van der Waals surface area contributed by atoms with Gasteiger partial charge in [-0.3, -0.25) is 19.3 Å². The van der Waals surface area contributed by atoms with Crippen molar-refractivity contribution in [3.05, 3.63) is 63.9 Å². The van der Waals surface area contributed by atoms with Crippen molar-refractivity contribution < 1.29 is 23.9 Å². The summed E-state index contributed by atoms with van der Waals surface area (Å²) in [7, 11) is 0. The minimum atomic E-state index is -0.539. The van der Waals surface area contributed by atoms with Gasteiger partial charge in [-0.2, -0.15) is 0 Å². The van der Waals surface area contributed by atoms with Gasteiger partial charge in [0.2, 0.25) is 0 Å². The molecule has 2 aliphatic rings. The molecule has 1 heterocycles. The van der Waals surface area contributed by atoms with Crippen LogP contribution in [0, 0.1) is 5.92 Å². The topological polar surface area (TPSA) is 85.3 Å². The maximum atomic E-state index is 13.4. The van der Waals surface area contributed by atoms with Gasteiger partial charge in [0.05, 0.1) is 10.6 Å². The van der Waals surface area contributed by atoms with Gasteiger partial charge in [-0.1, -0.05) is 36.9 Å². The van der Waals surface area contributed by atoms with Crippen molar-refractivity contribution in [2.24, 2.45) is 10.9 Å². The van der Waals surface area contributed by atoms with Crippen LogP contribution >= 0.6 is 23.4 Å². The lowest BCUT2D eigenvalue weighted by Gasteiger charge is -2.26. The van der Waals surface area contributed by atoms with Gasteiger partial charge in [-0.25, -0.2) is 4.99 Å². The van der Waals surface area contributed by atoms with E-state index in [-0.39, 0.29) is 17.4 Å². The summed E-state index contributed by atoms with van der Waals surface area (Å²) in [6.45, 7) is 4.85. The number of ether oxygens (including phenoxy) is 2. The highest BCUT2D eigenvalue weighted by Crippen LogP contribution is 2.36. The van der Waals surface area contributed by atoms with E-state index in [4.69, 9.17) is 26.1 Å². The third-order valence-corrected chi connectivity index (χ3v) is 7.03. The zero-order valence-corrected chi connectivity index (χ0v) is 22.4. The number of thioether (sulfide) groups is 1. The first-order chi connectivity index (χ1) is 17.3. The van der Waals surface area contributed by atoms with Crippen molar-refractivity contribution in [2.75, 3.05) is 6.54 Å². The SMILES string of the molecule is C/C=C(OC(C)=O)\C(=C/C/C=C1\SC(=Nc2ccc(Cl)cc2)N(CC2CCCCC2)C1=O)OC(C)=O. The summed E-state index contributed by atoms with van der Waals surface area (Å²) >= 11 is 7.33. The molecule has 1 amide bonds. The van der Waals surface area contributed by atoms with E-state index < -0.39 is 11.9 Å². The van der Waals surface area contributed by atoms with Gasteiger partial charge >= 0.3 is 11.9 Å². The quantitative estimate of drug-likeness (QED) is 0.161. The zero-order chi connectivity index (χ0) is 26.1. The Hall–Kier alpha value is -2.84. The van der Waals surface area contributed by atoms with Gasteiger partial charge in [0.25, 0.3) is 5.91 Å². The Balaban J connectivity index is 1.85. The second-order valence-corrected chi connectivity index (χ2v) is 10.1. The van der Waals surface area contributed by atoms with Crippen molar-refractivity contribution in [2.45, 2.75) is 59.3 Å². The number of carbonyl (C=O) groups is 3. The maximum absolute atomic E-state index is 13.4. The second-order valence-electron chi connectivity index (χ2n) is 8.61. The largest absolute Gasteiger partial charge is 0.423 e. The molecule has 0 radical (unpaired) electrons. The lowest BCUT2D eigenvalue weighted by atomic mass is 9.89. The molecule has 7 nitrogen and oxygen atoms in total. The molecule has 0 unspecified atom stereocenters. The van der Waals surface area contributed by atoms with E-state index >= 15 is 0 Å². The molecule has 192 valence electrons. The van der Waals surface area contributed by atoms with Crippen LogP contribution in [0.15, 0.2) is 63.9 Å². The van der Waals surface area contributed by atoms with E-state index in [0.717, 1.165) is 18.5 Å². The number of aliphatic imine (C=N–C) groups is 1. The fraction of sp³-hybridized carbons (Fsp3) is 0.407. The molecule has 0 N–H and O–H groups in total. The van der Waals surface area contributed by atoms with E-state index in [1.165, 1.54) is 44.9 Å². The second kappa shape index (κ2) is 13.5. The molecule has 0 spiro atoms. The molecule has 0 aromatic heterocycles. The molecule has 1 saturated carbocycles. The molecule has 2 fully saturated rings. The molecule has 1 aliphatic carbocycles. The average molecular weight is 531 g/mol. The molecule has 1 saturated heterocycles. The van der Waals surface area contributed by atoms with Crippen LogP contribution in [-0.2, 0) is 23.9 Å². The molecule has 36 heavy (non-hydrogen) atoms. The third kappa shape index (κ3) is 8.10. The van der Waals surface area contributed by atoms with Gasteiger partial charge < -0.3 is 9.47 Å². The maximum Gasteiger partial charge on any atom is 0.308 e. The Morgan fingerprint density at radius 2 is 1.72 bits per heavy atom. The standard InChI is InChI=1S/C27H31ClN2O5S/c1-4-23(34-18(2)31)24(35-19(3)32)11-8-12-25-26(33)30(17-20-9-6-5-7-10-20)27(36-25)29-22-15-13-21(28)14-16-22/h4,11-16,20H,5-10,17H2,1-3H3/b23-4+,24-11+,25-12-,29-27?. The summed E-state index contributed by atoms with van der Waals surface area (Å²) in [5.74, 6) is -0.432. The summed E-state index contributed by atoms with van der Waals surface area (Å²) < 4.78 is 10.4. The summed E-state index contributed by atoms with van der Waals surface area (Å²) in [6, 6.07) is 7.19. The smallest absolute Gasteiger partial charge is 0.308 e. The number of nitrogens with zero attached hydrogens (tertiary/aromatic N) is 2. The minimum absolute atomic E-state index is 0.0908. The monoisotopic (exact) mass is 530 g/mol. The van der Waals surface area contributed by atoms with E-state index in [1.54, 1.807) is 42.2 Å². The van der Waals surface area contributed by atoms with Crippen molar-refractivity contribution in [1.29, 1.82) is 0 Å². The Morgan fingerprint density at radius 3 is 2.33 bits per heavy atom. The van der Waals surface area contributed by atoms with Crippen LogP contribution < -0.4 is 0 Å². The van der Waals surface area contributed by atoms with Crippen LogP contribution in [0.1, 0.15) is 59.3 Å². The molecule has 3 rings (SSSR count). The highest BCUT2D eigenvalue weighted by atomic mass is 35.5. The molecule has 0 atom stereocenters. The van der Waals surface area contributed by atoms with E-state index in [9.17, 15) is 14.4 Å². The zero-order valence-electron chi connectivity index (χ0n) is 20.8. The van der Waals surface area contributed by atoms with Crippen LogP contribution in [0.3, 0.4) is 0 Å². The number of rotatable bonds is 8. The van der Waals surface area contributed by atoms with Gasteiger partial charge in [0.15, 0.2) is 16.7 Å². The molecule has 1 aromatic carbocycles. The van der Waals surface area contributed by atoms with Crippen molar-refractivity contribution in [3.63, 3.8) is 0 Å². The lowest BCUT2D eigenvalue weighted by Crippen LogP contribution is -2.34. The summed E-state index contributed by atoms with van der Waals surface area (Å²) in [4.78, 5) is 43.4. The van der Waals surface area contributed by atoms with E-state index in [2.05, 4.69) is 0 Å². The average Bonchev–Trinajstić information content (AvgIpc) is 3.12. The van der Waals surface area contributed by atoms with Gasteiger partial charge in [0.1, 0.15) is 0 Å². The fourth-order valence-corrected chi connectivity index (χ4v) is 5.19. The van der Waals surface area contributed by atoms with Crippen LogP contribution in [0.4, 0.5) is 5.69 Å². The van der Waals surface area contributed by atoms with Gasteiger partial charge in [-0.05, 0) is 80.3 Å². The van der Waals surface area contributed by atoms with Crippen molar-refractivity contribution in [1.82, 2.24) is 4.90 Å². The molecular formula is C27H31ClN2O5S. The Labute approximate surface area is 221 Å². The third-order valence-electron chi connectivity index (χ3n) is 5.72. The number of hydrogen-bond acceptors (Lipinski definition) is 7. The summed E-state index contributed by atoms with van der Waals surface area (Å²) in [5.41, 5.74) is 0.723. The van der Waals surface area contributed by atoms with Crippen molar-refractivity contribution in [3.8, 4) is 0 Å². The molecule has 1 aliphatic heterocycles. The predicted molar refractivity (Wildman–Crippen MR) is 142 cm³/mol. The van der Waals surface area contributed by atoms with E-state index in [0.29, 0.717) is 34.0 Å². The molecular weight excluding hydrogens is 500 g/mol. The minimum Gasteiger partial charge on any atom is -0.423 e. The predicted octanol–water partition coefficient (Wildman–Crippen LogP) is 6.67. The van der Waals surface area contributed by atoms with E-state index in [1.807, 2.05) is 12.1 Å². The highest BCUT2D eigenvalue weighted by Gasteiger charge is 2.35. The number of carbonyl (C=O) groups excluding carboxylic acids is 3. The number of hydrogen-bond donors (Lipinski definition) is 0. The van der Waals surface area contributed by atoms with Gasteiger partial charge in [0, 0.05) is 25.4 Å². The molecule has 0 bridgehead atoms. The first-order valence-electron chi connectivity index (χ1n) is 12.0. The fourth-order valence-electron chi connectivity index (χ4n) is 4.07. The number of halogens is 1. The Bertz CT molecular complexity index is 1100. The number of esters is 2. The number of benzene rings is 1. The highest BCUT2D eigenvalue weighted by molar-refractivity contribution is 8.18. The molecule has 9 heteroatoms. The first kappa shape index (κ1) is 27.7. The number of amidine groups is 1. The van der Waals surface area contributed by atoms with Gasteiger partial charge in [-0.15, -0.1) is 0 Å². The van der Waals surface area contributed by atoms with Crippen LogP contribution in [-0.4, -0.2) is 34.5 Å². The van der Waals surface area contributed by atoms with Crippen LogP contribution in [0.5, 0.6) is 0 Å². The first-order valence-corrected chi connectivity index (χ1v) is 13.2. The number of amides is 1. The summed E-state index contributed by atoms with van der Waals surface area (Å²) in [6.07, 6.45) is 11.1. The van der Waals surface area contributed by atoms with Crippen molar-refractivity contribution >= 4 is 52.1 Å². The lowest BCUT2D eigenvalue weighted by molar-refractivity contribution is -0.141. The normalized spacial score (nSPS) is 19.8. The Morgan fingerprint density at radius 1 is 1.08 bits per heavy atom. The van der Waals surface area contributed by atoms with Crippen LogP contribution in [0.25, 0.3) is 0 Å². The Kier molecular flexibility index (Phi) is 10.4. The van der Waals surface area contributed by atoms with Crippen LogP contribution in [0.2, 0.25) is 5.02 Å². The number of allylic oxidation sites excluding steroid dienone is 3.